The molecule has 0 aliphatic carbocycles. The van der Waals surface area contributed by atoms with Gasteiger partial charge in [0.25, 0.3) is 0 Å². The number of nitrogens with two attached hydrogens (primary N) is 1. The summed E-state index contributed by atoms with van der Waals surface area (Å²) in [6.45, 7) is 4.22. The van der Waals surface area contributed by atoms with Crippen molar-refractivity contribution in [2.45, 2.75) is 32.7 Å². The first-order valence-corrected chi connectivity index (χ1v) is 3.30. The molecule has 9 heavy (non-hydrogen) atoms. The van der Waals surface area contributed by atoms with Gasteiger partial charge in [-0.1, -0.05) is 13.8 Å². The molecule has 0 saturated carbocycles. The molecule has 0 spiro atoms. The third kappa shape index (κ3) is 5.50. The van der Waals surface area contributed by atoms with E-state index in [9.17, 15) is 4.79 Å². The van der Waals surface area contributed by atoms with Crippen LogP contribution in [0.3, 0.4) is 0 Å². The van der Waals surface area contributed by atoms with Gasteiger partial charge in [-0.25, -0.2) is 0 Å². The summed E-state index contributed by atoms with van der Waals surface area (Å²) in [5.41, 5.74) is 5.30. The second-order valence-electron chi connectivity index (χ2n) is 2.70. The van der Waals surface area contributed by atoms with Crippen LogP contribution in [0, 0.1) is 5.92 Å². The first kappa shape index (κ1) is 8.63. The highest BCUT2D eigenvalue weighted by atomic mass is 16.1. The first-order chi connectivity index (χ1) is 4.16. The summed E-state index contributed by atoms with van der Waals surface area (Å²) >= 11 is 0. The van der Waals surface area contributed by atoms with E-state index in [4.69, 9.17) is 5.73 Å². The smallest absolute Gasteiger partial charge is 0.216 e. The van der Waals surface area contributed by atoms with Gasteiger partial charge in [0, 0.05) is 0 Å². The molecule has 1 unspecified atom stereocenters. The van der Waals surface area contributed by atoms with E-state index in [-0.39, 0.29) is 6.04 Å². The van der Waals surface area contributed by atoms with Crippen LogP contribution >= 0.6 is 0 Å². The molecule has 1 atom stereocenters. The van der Waals surface area contributed by atoms with Crippen molar-refractivity contribution in [3.63, 3.8) is 0 Å². The number of rotatable bonds is 4. The molecule has 0 heterocycles. The molecule has 0 fully saturated rings. The summed E-state index contributed by atoms with van der Waals surface area (Å²) in [4.78, 5) is 9.87. The van der Waals surface area contributed by atoms with Crippen molar-refractivity contribution in [1.82, 2.24) is 0 Å². The van der Waals surface area contributed by atoms with Crippen molar-refractivity contribution in [1.29, 1.82) is 0 Å². The van der Waals surface area contributed by atoms with Crippen LogP contribution in [0.1, 0.15) is 26.7 Å². The highest BCUT2D eigenvalue weighted by molar-refractivity contribution is 5.57. The van der Waals surface area contributed by atoms with E-state index < -0.39 is 0 Å². The zero-order valence-corrected chi connectivity index (χ0v) is 6.05. The predicted molar refractivity (Wildman–Crippen MR) is 37.7 cm³/mol. The monoisotopic (exact) mass is 128 g/mol. The minimum atomic E-state index is -0.368. The van der Waals surface area contributed by atoms with Gasteiger partial charge in [-0.15, -0.1) is 0 Å². The molecule has 0 aliphatic rings. The molecule has 0 amide bonds. The van der Waals surface area contributed by atoms with Crippen molar-refractivity contribution in [3.05, 3.63) is 0 Å². The van der Waals surface area contributed by atoms with Crippen LogP contribution < -0.4 is 5.73 Å². The summed E-state index contributed by atoms with van der Waals surface area (Å²) in [5, 5.41) is 0. The maximum absolute atomic E-state index is 9.87. The van der Waals surface area contributed by atoms with Crippen molar-refractivity contribution in [3.8, 4) is 0 Å². The van der Waals surface area contributed by atoms with Crippen molar-refractivity contribution in [2.75, 3.05) is 0 Å². The maximum Gasteiger partial charge on any atom is 0.216 e. The van der Waals surface area contributed by atoms with Crippen LogP contribution in [0.4, 0.5) is 0 Å². The summed E-state index contributed by atoms with van der Waals surface area (Å²) in [5.74, 6) is 0.629. The Morgan fingerprint density at radius 3 is 2.33 bits per heavy atom. The Morgan fingerprint density at radius 1 is 1.44 bits per heavy atom. The molecule has 0 aromatic rings. The van der Waals surface area contributed by atoms with Gasteiger partial charge in [0.1, 0.15) is 0 Å². The predicted octanol–water partition coefficient (Wildman–Crippen LogP) is 0.860. The van der Waals surface area contributed by atoms with E-state index in [1.165, 1.54) is 0 Å². The quantitative estimate of drug-likeness (QED) is 0.610. The fraction of sp³-hybridized carbons (Fsp3) is 0.857. The molecular weight excluding hydrogens is 114 g/mol. The SMILES string of the molecule is CC(C)CCC(N)[C]=O. The van der Waals surface area contributed by atoms with E-state index in [1.807, 2.05) is 0 Å². The lowest BCUT2D eigenvalue weighted by Gasteiger charge is -2.04. The van der Waals surface area contributed by atoms with E-state index in [0.29, 0.717) is 5.92 Å². The zero-order valence-electron chi connectivity index (χ0n) is 6.05. The standard InChI is InChI=1S/C7H14NO/c1-6(2)3-4-7(8)5-9/h6-7H,3-4,8H2,1-2H3. The molecule has 0 aromatic carbocycles. The minimum absolute atomic E-state index is 0.368. The Morgan fingerprint density at radius 2 is 2.00 bits per heavy atom. The Labute approximate surface area is 56.4 Å². The number of hydrogen-bond acceptors (Lipinski definition) is 2. The van der Waals surface area contributed by atoms with E-state index in [2.05, 4.69) is 13.8 Å². The van der Waals surface area contributed by atoms with Crippen LogP contribution in [0.2, 0.25) is 0 Å². The van der Waals surface area contributed by atoms with Crippen LogP contribution in [-0.2, 0) is 4.79 Å². The van der Waals surface area contributed by atoms with Gasteiger partial charge in [-0.3, -0.25) is 4.79 Å². The molecule has 2 N–H and O–H groups in total. The summed E-state index contributed by atoms with van der Waals surface area (Å²) < 4.78 is 0. The summed E-state index contributed by atoms with van der Waals surface area (Å²) in [6, 6.07) is -0.368. The van der Waals surface area contributed by atoms with Gasteiger partial charge >= 0.3 is 0 Å². The highest BCUT2D eigenvalue weighted by Gasteiger charge is 2.01. The highest BCUT2D eigenvalue weighted by Crippen LogP contribution is 2.03. The Balaban J connectivity index is 3.16. The summed E-state index contributed by atoms with van der Waals surface area (Å²) in [7, 11) is 0. The second kappa shape index (κ2) is 4.50. The largest absolute Gasteiger partial charge is 0.321 e. The Hall–Kier alpha value is -0.370. The minimum Gasteiger partial charge on any atom is -0.321 e. The Kier molecular flexibility index (Phi) is 4.32. The van der Waals surface area contributed by atoms with Gasteiger partial charge in [-0.05, 0) is 18.8 Å². The van der Waals surface area contributed by atoms with Crippen LogP contribution in [0.25, 0.3) is 0 Å². The molecule has 2 nitrogen and oxygen atoms in total. The third-order valence-corrected chi connectivity index (χ3v) is 1.21. The average molecular weight is 128 g/mol. The fourth-order valence-electron chi connectivity index (χ4n) is 0.572. The van der Waals surface area contributed by atoms with Gasteiger partial charge in [0.15, 0.2) is 0 Å². The lowest BCUT2D eigenvalue weighted by Crippen LogP contribution is -2.21. The molecule has 0 bridgehead atoms. The van der Waals surface area contributed by atoms with Gasteiger partial charge in [0.2, 0.25) is 6.29 Å². The average Bonchev–Trinajstić information content (AvgIpc) is 1.83. The van der Waals surface area contributed by atoms with E-state index >= 15 is 0 Å². The van der Waals surface area contributed by atoms with Gasteiger partial charge in [0.05, 0.1) is 6.04 Å². The fourth-order valence-corrected chi connectivity index (χ4v) is 0.572. The molecule has 1 radical (unpaired) electrons. The summed E-state index contributed by atoms with van der Waals surface area (Å²) in [6.07, 6.45) is 3.52. The lowest BCUT2D eigenvalue weighted by molar-refractivity contribution is 0.505. The Bertz CT molecular complexity index is 81.0. The van der Waals surface area contributed by atoms with Crippen LogP contribution in [0.5, 0.6) is 0 Å². The van der Waals surface area contributed by atoms with E-state index in [0.717, 1.165) is 12.8 Å². The molecule has 0 saturated heterocycles. The van der Waals surface area contributed by atoms with Crippen molar-refractivity contribution >= 4 is 6.29 Å². The van der Waals surface area contributed by atoms with Crippen molar-refractivity contribution < 1.29 is 4.79 Å². The van der Waals surface area contributed by atoms with Crippen LogP contribution in [0.15, 0.2) is 0 Å². The second-order valence-corrected chi connectivity index (χ2v) is 2.70. The first-order valence-electron chi connectivity index (χ1n) is 3.30. The molecule has 53 valence electrons. The lowest BCUT2D eigenvalue weighted by atomic mass is 10.1. The molecule has 0 aliphatic heterocycles. The zero-order chi connectivity index (χ0) is 7.28. The topological polar surface area (TPSA) is 43.1 Å². The van der Waals surface area contributed by atoms with E-state index in [1.54, 1.807) is 6.29 Å². The van der Waals surface area contributed by atoms with Crippen molar-refractivity contribution in [2.24, 2.45) is 11.7 Å². The molecular formula is C7H14NO. The third-order valence-electron chi connectivity index (χ3n) is 1.21. The maximum atomic E-state index is 9.87. The van der Waals surface area contributed by atoms with Gasteiger partial charge < -0.3 is 5.73 Å². The molecule has 0 rings (SSSR count). The number of carbonyl (C=O) groups excluding carboxylic acids is 1. The molecule has 2 heteroatoms. The number of hydrogen-bond donors (Lipinski definition) is 1. The molecule has 0 aromatic heterocycles. The normalized spacial score (nSPS) is 13.8. The van der Waals surface area contributed by atoms with Crippen LogP contribution in [-0.4, -0.2) is 12.3 Å². The van der Waals surface area contributed by atoms with Gasteiger partial charge in [-0.2, -0.15) is 0 Å².